The highest BCUT2D eigenvalue weighted by Gasteiger charge is 2.08. The van der Waals surface area contributed by atoms with E-state index in [2.05, 4.69) is 11.7 Å². The number of unbranched alkanes of at least 4 members (excludes halogenated alkanes) is 2. The number of hydrogen-bond acceptors (Lipinski definition) is 4. The number of carbonyl (C=O) groups is 2. The SMILES string of the molecule is CCCCCOc1ccc(C(=O)CCCC(=O)OC)cc1. The molecular weight excluding hydrogens is 268 g/mol. The van der Waals surface area contributed by atoms with E-state index < -0.39 is 0 Å². The Hall–Kier alpha value is -1.84. The zero-order valence-corrected chi connectivity index (χ0v) is 12.9. The number of ether oxygens (including phenoxy) is 2. The Balaban J connectivity index is 2.35. The van der Waals surface area contributed by atoms with Crippen molar-refractivity contribution in [2.75, 3.05) is 13.7 Å². The average Bonchev–Trinajstić information content (AvgIpc) is 2.51. The minimum atomic E-state index is -0.279. The zero-order valence-electron chi connectivity index (χ0n) is 12.9. The highest BCUT2D eigenvalue weighted by atomic mass is 16.5. The predicted octanol–water partition coefficient (Wildman–Crippen LogP) is 3.78. The Kier molecular flexibility index (Phi) is 8.17. The van der Waals surface area contributed by atoms with E-state index in [-0.39, 0.29) is 18.2 Å². The molecule has 1 aromatic rings. The van der Waals surface area contributed by atoms with E-state index >= 15 is 0 Å². The van der Waals surface area contributed by atoms with Crippen LogP contribution in [0.2, 0.25) is 0 Å². The number of rotatable bonds is 10. The molecule has 0 radical (unpaired) electrons. The van der Waals surface area contributed by atoms with Gasteiger partial charge in [0.25, 0.3) is 0 Å². The standard InChI is InChI=1S/C17H24O4/c1-3-4-5-13-21-15-11-9-14(10-12-15)16(18)7-6-8-17(19)20-2/h9-12H,3-8,13H2,1-2H3. The van der Waals surface area contributed by atoms with Crippen molar-refractivity contribution in [2.24, 2.45) is 0 Å². The molecule has 0 fully saturated rings. The number of carbonyl (C=O) groups excluding carboxylic acids is 2. The molecular formula is C17H24O4. The third-order valence-corrected chi connectivity index (χ3v) is 3.21. The lowest BCUT2D eigenvalue weighted by molar-refractivity contribution is -0.140. The largest absolute Gasteiger partial charge is 0.494 e. The molecule has 4 nitrogen and oxygen atoms in total. The van der Waals surface area contributed by atoms with Gasteiger partial charge in [0, 0.05) is 18.4 Å². The van der Waals surface area contributed by atoms with Gasteiger partial charge < -0.3 is 9.47 Å². The third kappa shape index (κ3) is 6.93. The molecule has 4 heteroatoms. The molecule has 1 aromatic carbocycles. The van der Waals surface area contributed by atoms with Crippen LogP contribution in [-0.4, -0.2) is 25.5 Å². The second kappa shape index (κ2) is 9.97. The smallest absolute Gasteiger partial charge is 0.305 e. The van der Waals surface area contributed by atoms with Gasteiger partial charge in [-0.3, -0.25) is 9.59 Å². The van der Waals surface area contributed by atoms with Crippen LogP contribution >= 0.6 is 0 Å². The molecule has 0 saturated carbocycles. The first-order valence-corrected chi connectivity index (χ1v) is 7.50. The van der Waals surface area contributed by atoms with Crippen molar-refractivity contribution in [3.8, 4) is 5.75 Å². The first kappa shape index (κ1) is 17.2. The van der Waals surface area contributed by atoms with Crippen LogP contribution < -0.4 is 4.74 Å². The summed E-state index contributed by atoms with van der Waals surface area (Å²) in [5, 5.41) is 0. The van der Waals surface area contributed by atoms with E-state index in [4.69, 9.17) is 4.74 Å². The van der Waals surface area contributed by atoms with Crippen molar-refractivity contribution in [1.29, 1.82) is 0 Å². The summed E-state index contributed by atoms with van der Waals surface area (Å²) in [6.45, 7) is 2.86. The summed E-state index contributed by atoms with van der Waals surface area (Å²) >= 11 is 0. The second-order valence-corrected chi connectivity index (χ2v) is 4.93. The van der Waals surface area contributed by atoms with E-state index in [1.165, 1.54) is 13.5 Å². The number of methoxy groups -OCH3 is 1. The van der Waals surface area contributed by atoms with E-state index in [1.807, 2.05) is 12.1 Å². The summed E-state index contributed by atoms with van der Waals surface area (Å²) in [7, 11) is 1.35. The number of Topliss-reactive ketones (excluding diaryl/α,β-unsaturated/α-hetero) is 1. The highest BCUT2D eigenvalue weighted by molar-refractivity contribution is 5.96. The Morgan fingerprint density at radius 1 is 1.00 bits per heavy atom. The Bertz CT molecular complexity index is 437. The molecule has 0 bridgehead atoms. The molecule has 0 heterocycles. The van der Waals surface area contributed by atoms with Gasteiger partial charge in [-0.15, -0.1) is 0 Å². The Labute approximate surface area is 126 Å². The molecule has 0 N–H and O–H groups in total. The maximum Gasteiger partial charge on any atom is 0.305 e. The van der Waals surface area contributed by atoms with Crippen molar-refractivity contribution in [3.63, 3.8) is 0 Å². The van der Waals surface area contributed by atoms with Crippen molar-refractivity contribution >= 4 is 11.8 Å². The van der Waals surface area contributed by atoms with Crippen molar-refractivity contribution in [3.05, 3.63) is 29.8 Å². The molecule has 0 atom stereocenters. The summed E-state index contributed by atoms with van der Waals surface area (Å²) in [6, 6.07) is 7.18. The highest BCUT2D eigenvalue weighted by Crippen LogP contribution is 2.15. The minimum absolute atomic E-state index is 0.0384. The Morgan fingerprint density at radius 3 is 2.33 bits per heavy atom. The molecule has 0 aliphatic carbocycles. The van der Waals surface area contributed by atoms with Crippen LogP contribution in [0, 0.1) is 0 Å². The van der Waals surface area contributed by atoms with Gasteiger partial charge in [0.15, 0.2) is 5.78 Å². The van der Waals surface area contributed by atoms with Gasteiger partial charge in [-0.25, -0.2) is 0 Å². The molecule has 0 amide bonds. The molecule has 116 valence electrons. The summed E-state index contributed by atoms with van der Waals surface area (Å²) in [4.78, 5) is 22.9. The number of esters is 1. The van der Waals surface area contributed by atoms with E-state index in [9.17, 15) is 9.59 Å². The fourth-order valence-corrected chi connectivity index (χ4v) is 1.92. The van der Waals surface area contributed by atoms with Crippen molar-refractivity contribution in [1.82, 2.24) is 0 Å². The first-order chi connectivity index (χ1) is 10.2. The lowest BCUT2D eigenvalue weighted by Gasteiger charge is -2.06. The monoisotopic (exact) mass is 292 g/mol. The maximum atomic E-state index is 11.9. The second-order valence-electron chi connectivity index (χ2n) is 4.93. The van der Waals surface area contributed by atoms with Gasteiger partial charge in [0.05, 0.1) is 13.7 Å². The third-order valence-electron chi connectivity index (χ3n) is 3.21. The van der Waals surface area contributed by atoms with Crippen LogP contribution in [0.5, 0.6) is 5.75 Å². The molecule has 21 heavy (non-hydrogen) atoms. The van der Waals surface area contributed by atoms with Crippen LogP contribution in [0.25, 0.3) is 0 Å². The summed E-state index contributed by atoms with van der Waals surface area (Å²) in [5.41, 5.74) is 0.653. The number of hydrogen-bond donors (Lipinski definition) is 0. The van der Waals surface area contributed by atoms with Crippen LogP contribution in [-0.2, 0) is 9.53 Å². The lowest BCUT2D eigenvalue weighted by atomic mass is 10.1. The van der Waals surface area contributed by atoms with Gasteiger partial charge in [-0.2, -0.15) is 0 Å². The Morgan fingerprint density at radius 2 is 1.71 bits per heavy atom. The predicted molar refractivity (Wildman–Crippen MR) is 81.7 cm³/mol. The summed E-state index contributed by atoms with van der Waals surface area (Å²) in [5.74, 6) is 0.548. The molecule has 0 spiro atoms. The fraction of sp³-hybridized carbons (Fsp3) is 0.529. The molecule has 1 rings (SSSR count). The van der Waals surface area contributed by atoms with Gasteiger partial charge in [-0.1, -0.05) is 19.8 Å². The van der Waals surface area contributed by atoms with E-state index in [0.29, 0.717) is 25.0 Å². The minimum Gasteiger partial charge on any atom is -0.494 e. The van der Waals surface area contributed by atoms with Gasteiger partial charge in [0.2, 0.25) is 0 Å². The lowest BCUT2D eigenvalue weighted by Crippen LogP contribution is -2.04. The quantitative estimate of drug-likeness (QED) is 0.374. The summed E-state index contributed by atoms with van der Waals surface area (Å²) in [6.07, 6.45) is 4.53. The normalized spacial score (nSPS) is 10.2. The van der Waals surface area contributed by atoms with Gasteiger partial charge in [0.1, 0.15) is 5.75 Å². The average molecular weight is 292 g/mol. The number of ketones is 1. The fourth-order valence-electron chi connectivity index (χ4n) is 1.92. The zero-order chi connectivity index (χ0) is 15.5. The molecule has 0 saturated heterocycles. The van der Waals surface area contributed by atoms with Crippen molar-refractivity contribution < 1.29 is 19.1 Å². The molecule has 0 aromatic heterocycles. The maximum absolute atomic E-state index is 11.9. The molecule has 0 unspecified atom stereocenters. The van der Waals surface area contributed by atoms with Gasteiger partial charge in [-0.05, 0) is 37.1 Å². The van der Waals surface area contributed by atoms with Crippen LogP contribution in [0.3, 0.4) is 0 Å². The van der Waals surface area contributed by atoms with Crippen LogP contribution in [0.1, 0.15) is 55.8 Å². The van der Waals surface area contributed by atoms with Gasteiger partial charge >= 0.3 is 5.97 Å². The topological polar surface area (TPSA) is 52.6 Å². The van der Waals surface area contributed by atoms with Crippen LogP contribution in [0.4, 0.5) is 0 Å². The van der Waals surface area contributed by atoms with Crippen molar-refractivity contribution in [2.45, 2.75) is 45.4 Å². The number of benzene rings is 1. The van der Waals surface area contributed by atoms with E-state index in [0.717, 1.165) is 18.6 Å². The summed E-state index contributed by atoms with van der Waals surface area (Å²) < 4.78 is 10.1. The molecule has 0 aliphatic rings. The molecule has 0 aliphatic heterocycles. The van der Waals surface area contributed by atoms with E-state index in [1.54, 1.807) is 12.1 Å². The first-order valence-electron chi connectivity index (χ1n) is 7.50. The van der Waals surface area contributed by atoms with Crippen LogP contribution in [0.15, 0.2) is 24.3 Å².